The van der Waals surface area contributed by atoms with Crippen LogP contribution in [-0.4, -0.2) is 4.57 Å². The number of aromatic nitrogens is 1. The average molecular weight is 339 g/mol. The lowest BCUT2D eigenvalue weighted by Gasteiger charge is -2.09. The molecular weight excluding hydrogens is 325 g/mol. The highest BCUT2D eigenvalue weighted by Gasteiger charge is 2.09. The minimum atomic E-state index is 0.0618. The summed E-state index contributed by atoms with van der Waals surface area (Å²) in [6.07, 6.45) is 0. The fraction of sp³-hybridized carbons (Fsp3) is 0.214. The summed E-state index contributed by atoms with van der Waals surface area (Å²) in [5, 5.41) is 0. The molecule has 0 N–H and O–H groups in total. The largest absolute Gasteiger partial charge is 0.314 e. The van der Waals surface area contributed by atoms with Crippen LogP contribution in [0.1, 0.15) is 11.3 Å². The van der Waals surface area contributed by atoms with Crippen molar-refractivity contribution in [1.29, 1.82) is 0 Å². The zero-order chi connectivity index (χ0) is 12.6. The summed E-state index contributed by atoms with van der Waals surface area (Å²) in [7, 11) is 1.82. The fourth-order valence-corrected chi connectivity index (χ4v) is 2.40. The molecule has 1 aromatic carbocycles. The molecule has 1 aromatic heterocycles. The summed E-state index contributed by atoms with van der Waals surface area (Å²) in [5.41, 5.74) is 4.02. The Bertz CT molecular complexity index is 611. The molecule has 0 atom stereocenters. The minimum absolute atomic E-state index is 0.0618. The van der Waals surface area contributed by atoms with Gasteiger partial charge >= 0.3 is 0 Å². The highest BCUT2D eigenvalue weighted by Crippen LogP contribution is 2.20. The van der Waals surface area contributed by atoms with Gasteiger partial charge in [-0.05, 0) is 48.1 Å². The number of hydrogen-bond donors (Lipinski definition) is 0. The van der Waals surface area contributed by atoms with Crippen molar-refractivity contribution in [3.8, 4) is 11.1 Å². The standard InChI is InChI=1S/C14H14INO/c1-9-4-6-11(7-5-9)12-8-13(15)10(2)16(3)14(12)17/h4-8H,1-3H3. The zero-order valence-electron chi connectivity index (χ0n) is 10.1. The van der Waals surface area contributed by atoms with E-state index in [0.717, 1.165) is 20.4 Å². The molecule has 0 spiro atoms. The number of halogens is 1. The molecular formula is C14H14INO. The molecule has 2 rings (SSSR count). The molecule has 88 valence electrons. The van der Waals surface area contributed by atoms with Crippen molar-refractivity contribution in [2.24, 2.45) is 7.05 Å². The molecule has 0 fully saturated rings. The second-order valence-corrected chi connectivity index (χ2v) is 5.38. The van der Waals surface area contributed by atoms with Gasteiger partial charge in [0.2, 0.25) is 0 Å². The Morgan fingerprint density at radius 1 is 1.12 bits per heavy atom. The second-order valence-electron chi connectivity index (χ2n) is 4.22. The smallest absolute Gasteiger partial charge is 0.258 e. The van der Waals surface area contributed by atoms with Crippen LogP contribution in [0.5, 0.6) is 0 Å². The fourth-order valence-electron chi connectivity index (χ4n) is 1.73. The predicted molar refractivity (Wildman–Crippen MR) is 79.3 cm³/mol. The Hall–Kier alpha value is -1.10. The maximum absolute atomic E-state index is 12.2. The van der Waals surface area contributed by atoms with Crippen LogP contribution < -0.4 is 5.56 Å². The number of hydrogen-bond acceptors (Lipinski definition) is 1. The van der Waals surface area contributed by atoms with E-state index >= 15 is 0 Å². The Balaban J connectivity index is 2.68. The van der Waals surface area contributed by atoms with Crippen LogP contribution >= 0.6 is 22.6 Å². The number of benzene rings is 1. The summed E-state index contributed by atoms with van der Waals surface area (Å²) in [6.45, 7) is 4.00. The zero-order valence-corrected chi connectivity index (χ0v) is 12.3. The van der Waals surface area contributed by atoms with E-state index in [1.165, 1.54) is 5.56 Å². The summed E-state index contributed by atoms with van der Waals surface area (Å²) < 4.78 is 2.82. The first-order valence-corrected chi connectivity index (χ1v) is 6.52. The van der Waals surface area contributed by atoms with Crippen molar-refractivity contribution in [2.75, 3.05) is 0 Å². The molecule has 0 radical (unpaired) electrons. The summed E-state index contributed by atoms with van der Waals surface area (Å²) in [4.78, 5) is 12.2. The van der Waals surface area contributed by atoms with Crippen molar-refractivity contribution in [1.82, 2.24) is 4.57 Å². The van der Waals surface area contributed by atoms with E-state index in [-0.39, 0.29) is 5.56 Å². The monoisotopic (exact) mass is 339 g/mol. The van der Waals surface area contributed by atoms with E-state index in [1.54, 1.807) is 4.57 Å². The van der Waals surface area contributed by atoms with Gasteiger partial charge in [0.05, 0.1) is 0 Å². The normalized spacial score (nSPS) is 10.6. The number of nitrogens with zero attached hydrogens (tertiary/aromatic N) is 1. The van der Waals surface area contributed by atoms with E-state index < -0.39 is 0 Å². The maximum Gasteiger partial charge on any atom is 0.258 e. The van der Waals surface area contributed by atoms with Gasteiger partial charge in [0.15, 0.2) is 0 Å². The Morgan fingerprint density at radius 2 is 1.71 bits per heavy atom. The van der Waals surface area contributed by atoms with Gasteiger partial charge in [0.25, 0.3) is 5.56 Å². The molecule has 0 bridgehead atoms. The van der Waals surface area contributed by atoms with E-state index in [0.29, 0.717) is 0 Å². The number of rotatable bonds is 1. The van der Waals surface area contributed by atoms with E-state index in [9.17, 15) is 4.79 Å². The molecule has 0 aliphatic rings. The first kappa shape index (κ1) is 12.4. The van der Waals surface area contributed by atoms with Crippen molar-refractivity contribution < 1.29 is 0 Å². The maximum atomic E-state index is 12.2. The van der Waals surface area contributed by atoms with E-state index in [4.69, 9.17) is 0 Å². The Kier molecular flexibility index (Phi) is 3.38. The third-order valence-electron chi connectivity index (χ3n) is 3.02. The molecule has 0 aliphatic carbocycles. The van der Waals surface area contributed by atoms with Crippen LogP contribution in [0.3, 0.4) is 0 Å². The first-order chi connectivity index (χ1) is 8.00. The van der Waals surface area contributed by atoms with Gasteiger partial charge < -0.3 is 4.57 Å². The number of aryl methyl sites for hydroxylation is 1. The van der Waals surface area contributed by atoms with Gasteiger partial charge in [-0.1, -0.05) is 29.8 Å². The third-order valence-corrected chi connectivity index (χ3v) is 4.11. The SMILES string of the molecule is Cc1ccc(-c2cc(I)c(C)n(C)c2=O)cc1. The molecule has 0 amide bonds. The van der Waals surface area contributed by atoms with Crippen LogP contribution in [0, 0.1) is 17.4 Å². The second kappa shape index (κ2) is 4.64. The molecule has 0 saturated heterocycles. The van der Waals surface area contributed by atoms with Gasteiger partial charge in [-0.3, -0.25) is 4.79 Å². The number of pyridine rings is 1. The van der Waals surface area contributed by atoms with Crippen LogP contribution in [-0.2, 0) is 7.05 Å². The van der Waals surface area contributed by atoms with Gasteiger partial charge in [-0.2, -0.15) is 0 Å². The molecule has 1 heterocycles. The molecule has 0 saturated carbocycles. The van der Waals surface area contributed by atoms with Crippen LogP contribution in [0.4, 0.5) is 0 Å². The lowest BCUT2D eigenvalue weighted by Crippen LogP contribution is -2.21. The highest BCUT2D eigenvalue weighted by molar-refractivity contribution is 14.1. The summed E-state index contributed by atoms with van der Waals surface area (Å²) >= 11 is 2.27. The lowest BCUT2D eigenvalue weighted by atomic mass is 10.1. The molecule has 17 heavy (non-hydrogen) atoms. The van der Waals surface area contributed by atoms with Crippen molar-refractivity contribution in [2.45, 2.75) is 13.8 Å². The van der Waals surface area contributed by atoms with Gasteiger partial charge in [0.1, 0.15) is 0 Å². The van der Waals surface area contributed by atoms with Gasteiger partial charge in [-0.25, -0.2) is 0 Å². The Labute approximate surface area is 114 Å². The third kappa shape index (κ3) is 2.29. The van der Waals surface area contributed by atoms with Crippen LogP contribution in [0.15, 0.2) is 35.1 Å². The summed E-state index contributed by atoms with van der Waals surface area (Å²) in [5.74, 6) is 0. The van der Waals surface area contributed by atoms with Crippen molar-refractivity contribution in [3.05, 3.63) is 55.5 Å². The average Bonchev–Trinajstić information content (AvgIpc) is 2.32. The minimum Gasteiger partial charge on any atom is -0.314 e. The molecule has 0 unspecified atom stereocenters. The Morgan fingerprint density at radius 3 is 2.29 bits per heavy atom. The molecule has 2 aromatic rings. The van der Waals surface area contributed by atoms with Crippen molar-refractivity contribution >= 4 is 22.6 Å². The van der Waals surface area contributed by atoms with E-state index in [2.05, 4.69) is 22.6 Å². The van der Waals surface area contributed by atoms with Gasteiger partial charge in [0, 0.05) is 21.9 Å². The van der Waals surface area contributed by atoms with Gasteiger partial charge in [-0.15, -0.1) is 0 Å². The van der Waals surface area contributed by atoms with Crippen LogP contribution in [0.25, 0.3) is 11.1 Å². The molecule has 3 heteroatoms. The predicted octanol–water partition coefficient (Wildman–Crippen LogP) is 3.27. The lowest BCUT2D eigenvalue weighted by molar-refractivity contribution is 0.814. The first-order valence-electron chi connectivity index (χ1n) is 5.44. The molecule has 0 aliphatic heterocycles. The topological polar surface area (TPSA) is 22.0 Å². The van der Waals surface area contributed by atoms with Crippen LogP contribution in [0.2, 0.25) is 0 Å². The van der Waals surface area contributed by atoms with Crippen molar-refractivity contribution in [3.63, 3.8) is 0 Å². The van der Waals surface area contributed by atoms with E-state index in [1.807, 2.05) is 51.2 Å². The molecule has 2 nitrogen and oxygen atoms in total. The summed E-state index contributed by atoms with van der Waals surface area (Å²) in [6, 6.07) is 10.0. The highest BCUT2D eigenvalue weighted by atomic mass is 127. The quantitative estimate of drug-likeness (QED) is 0.731.